The lowest BCUT2D eigenvalue weighted by molar-refractivity contribution is 0.245. The van der Waals surface area contributed by atoms with E-state index in [0.717, 1.165) is 13.1 Å². The maximum Gasteiger partial charge on any atom is 0.0533 e. The first-order valence-electron chi connectivity index (χ1n) is 5.47. The molecule has 2 heterocycles. The van der Waals surface area contributed by atoms with E-state index in [1.807, 2.05) is 12.4 Å². The minimum absolute atomic E-state index is 0.00426. The molecule has 2 N–H and O–H groups in total. The molecular formula is C12H19N3. The molecule has 1 aliphatic rings. The first-order chi connectivity index (χ1) is 7.03. The van der Waals surface area contributed by atoms with Gasteiger partial charge in [-0.1, -0.05) is 13.8 Å². The van der Waals surface area contributed by atoms with E-state index in [4.69, 9.17) is 5.73 Å². The van der Waals surface area contributed by atoms with Crippen LogP contribution in [0.15, 0.2) is 18.5 Å². The highest BCUT2D eigenvalue weighted by Gasteiger charge is 2.42. The molecule has 0 radical (unpaired) electrons. The van der Waals surface area contributed by atoms with Crippen molar-refractivity contribution in [1.82, 2.24) is 4.98 Å². The molecule has 0 amide bonds. The SMILES string of the molecule is Cc1cnccc1N1CC(N)(C(C)C)C1. The monoisotopic (exact) mass is 205 g/mol. The van der Waals surface area contributed by atoms with Crippen LogP contribution in [0, 0.1) is 12.8 Å². The number of rotatable bonds is 2. The predicted octanol–water partition coefficient (Wildman–Crippen LogP) is 1.56. The number of anilines is 1. The molecule has 0 bridgehead atoms. The average molecular weight is 205 g/mol. The second kappa shape index (κ2) is 3.49. The Hall–Kier alpha value is -1.09. The van der Waals surface area contributed by atoms with E-state index in [0.29, 0.717) is 5.92 Å². The Kier molecular flexibility index (Phi) is 2.43. The Balaban J connectivity index is 2.10. The maximum absolute atomic E-state index is 6.27. The predicted molar refractivity (Wildman–Crippen MR) is 62.9 cm³/mol. The number of hydrogen-bond donors (Lipinski definition) is 1. The normalized spacial score (nSPS) is 19.1. The fourth-order valence-corrected chi connectivity index (χ4v) is 2.02. The third-order valence-corrected chi connectivity index (χ3v) is 3.45. The summed E-state index contributed by atoms with van der Waals surface area (Å²) >= 11 is 0. The van der Waals surface area contributed by atoms with Gasteiger partial charge in [-0.25, -0.2) is 0 Å². The maximum atomic E-state index is 6.27. The van der Waals surface area contributed by atoms with E-state index in [-0.39, 0.29) is 5.54 Å². The van der Waals surface area contributed by atoms with Crippen molar-refractivity contribution in [2.45, 2.75) is 26.3 Å². The number of aryl methyl sites for hydroxylation is 1. The van der Waals surface area contributed by atoms with Crippen LogP contribution < -0.4 is 10.6 Å². The first-order valence-corrected chi connectivity index (χ1v) is 5.47. The molecule has 2 rings (SSSR count). The summed E-state index contributed by atoms with van der Waals surface area (Å²) in [5.74, 6) is 0.538. The Labute approximate surface area is 91.3 Å². The Morgan fingerprint density at radius 3 is 2.67 bits per heavy atom. The highest BCUT2D eigenvalue weighted by atomic mass is 15.3. The molecule has 1 aliphatic heterocycles. The van der Waals surface area contributed by atoms with Crippen molar-refractivity contribution in [2.24, 2.45) is 11.7 Å². The Morgan fingerprint density at radius 2 is 2.13 bits per heavy atom. The van der Waals surface area contributed by atoms with Gasteiger partial charge in [0, 0.05) is 31.2 Å². The first kappa shape index (κ1) is 10.4. The van der Waals surface area contributed by atoms with Gasteiger partial charge >= 0.3 is 0 Å². The van der Waals surface area contributed by atoms with E-state index in [2.05, 4.69) is 36.7 Å². The fourth-order valence-electron chi connectivity index (χ4n) is 2.02. The molecule has 0 saturated carbocycles. The highest BCUT2D eigenvalue weighted by molar-refractivity contribution is 5.55. The van der Waals surface area contributed by atoms with Gasteiger partial charge in [0.1, 0.15) is 0 Å². The summed E-state index contributed by atoms with van der Waals surface area (Å²) in [7, 11) is 0. The van der Waals surface area contributed by atoms with Crippen molar-refractivity contribution in [1.29, 1.82) is 0 Å². The highest BCUT2D eigenvalue weighted by Crippen LogP contribution is 2.32. The van der Waals surface area contributed by atoms with Crippen LogP contribution in [0.25, 0.3) is 0 Å². The van der Waals surface area contributed by atoms with Crippen LogP contribution in [0.4, 0.5) is 5.69 Å². The smallest absolute Gasteiger partial charge is 0.0533 e. The third kappa shape index (κ3) is 1.72. The minimum Gasteiger partial charge on any atom is -0.367 e. The largest absolute Gasteiger partial charge is 0.367 e. The zero-order chi connectivity index (χ0) is 11.1. The molecule has 3 heteroatoms. The number of pyridine rings is 1. The lowest BCUT2D eigenvalue weighted by Crippen LogP contribution is -2.70. The number of hydrogen-bond acceptors (Lipinski definition) is 3. The van der Waals surface area contributed by atoms with Gasteiger partial charge in [0.2, 0.25) is 0 Å². The molecule has 1 saturated heterocycles. The van der Waals surface area contributed by atoms with Gasteiger partial charge < -0.3 is 10.6 Å². The molecule has 0 aliphatic carbocycles. The van der Waals surface area contributed by atoms with Gasteiger partial charge in [-0.2, -0.15) is 0 Å². The molecule has 0 spiro atoms. The number of nitrogens with two attached hydrogens (primary N) is 1. The van der Waals surface area contributed by atoms with Crippen LogP contribution in [0.3, 0.4) is 0 Å². The molecule has 1 aromatic rings. The van der Waals surface area contributed by atoms with Crippen LogP contribution >= 0.6 is 0 Å². The van der Waals surface area contributed by atoms with Gasteiger partial charge in [-0.15, -0.1) is 0 Å². The quantitative estimate of drug-likeness (QED) is 0.796. The van der Waals surface area contributed by atoms with Crippen LogP contribution in [0.1, 0.15) is 19.4 Å². The average Bonchev–Trinajstić information content (AvgIpc) is 2.14. The van der Waals surface area contributed by atoms with Gasteiger partial charge in [-0.05, 0) is 24.5 Å². The standard InChI is InChI=1S/C12H19N3/c1-9(2)12(13)7-15(8-12)11-4-5-14-6-10(11)3/h4-6,9H,7-8,13H2,1-3H3. The molecule has 1 aromatic heterocycles. The molecule has 0 aromatic carbocycles. The summed E-state index contributed by atoms with van der Waals surface area (Å²) in [6.07, 6.45) is 3.75. The second-order valence-corrected chi connectivity index (χ2v) is 4.91. The van der Waals surface area contributed by atoms with Gasteiger partial charge in [0.25, 0.3) is 0 Å². The van der Waals surface area contributed by atoms with Crippen LogP contribution in [0.2, 0.25) is 0 Å². The van der Waals surface area contributed by atoms with Crippen molar-refractivity contribution in [3.05, 3.63) is 24.0 Å². The van der Waals surface area contributed by atoms with Crippen molar-refractivity contribution in [3.8, 4) is 0 Å². The van der Waals surface area contributed by atoms with Crippen LogP contribution in [-0.4, -0.2) is 23.6 Å². The molecule has 15 heavy (non-hydrogen) atoms. The number of aromatic nitrogens is 1. The summed E-state index contributed by atoms with van der Waals surface area (Å²) in [6.45, 7) is 8.38. The van der Waals surface area contributed by atoms with Crippen molar-refractivity contribution in [3.63, 3.8) is 0 Å². The molecule has 1 fully saturated rings. The summed E-state index contributed by atoms with van der Waals surface area (Å²) < 4.78 is 0. The van der Waals surface area contributed by atoms with Gasteiger partial charge in [0.05, 0.1) is 5.54 Å². The topological polar surface area (TPSA) is 42.2 Å². The van der Waals surface area contributed by atoms with E-state index in [9.17, 15) is 0 Å². The lowest BCUT2D eigenvalue weighted by atomic mass is 9.80. The third-order valence-electron chi connectivity index (χ3n) is 3.45. The van der Waals surface area contributed by atoms with Crippen molar-refractivity contribution in [2.75, 3.05) is 18.0 Å². The van der Waals surface area contributed by atoms with Crippen LogP contribution in [-0.2, 0) is 0 Å². The van der Waals surface area contributed by atoms with Crippen molar-refractivity contribution < 1.29 is 0 Å². The van der Waals surface area contributed by atoms with E-state index in [1.54, 1.807) is 0 Å². The Bertz CT molecular complexity index is 354. The molecule has 3 nitrogen and oxygen atoms in total. The van der Waals surface area contributed by atoms with E-state index < -0.39 is 0 Å². The fraction of sp³-hybridized carbons (Fsp3) is 0.583. The lowest BCUT2D eigenvalue weighted by Gasteiger charge is -2.52. The zero-order valence-electron chi connectivity index (χ0n) is 9.70. The molecular weight excluding hydrogens is 186 g/mol. The van der Waals surface area contributed by atoms with Crippen molar-refractivity contribution >= 4 is 5.69 Å². The zero-order valence-corrected chi connectivity index (χ0v) is 9.70. The Morgan fingerprint density at radius 1 is 1.47 bits per heavy atom. The summed E-state index contributed by atoms with van der Waals surface area (Å²) in [6, 6.07) is 2.06. The number of nitrogens with zero attached hydrogens (tertiary/aromatic N) is 2. The van der Waals surface area contributed by atoms with E-state index >= 15 is 0 Å². The summed E-state index contributed by atoms with van der Waals surface area (Å²) in [4.78, 5) is 6.43. The van der Waals surface area contributed by atoms with Gasteiger partial charge in [-0.3, -0.25) is 4.98 Å². The summed E-state index contributed by atoms with van der Waals surface area (Å²) in [5.41, 5.74) is 8.76. The second-order valence-electron chi connectivity index (χ2n) is 4.91. The molecule has 0 atom stereocenters. The van der Waals surface area contributed by atoms with Crippen LogP contribution in [0.5, 0.6) is 0 Å². The summed E-state index contributed by atoms with van der Waals surface area (Å²) in [5, 5.41) is 0. The molecule has 82 valence electrons. The van der Waals surface area contributed by atoms with Gasteiger partial charge in [0.15, 0.2) is 0 Å². The van der Waals surface area contributed by atoms with E-state index in [1.165, 1.54) is 11.3 Å². The molecule has 0 unspecified atom stereocenters. The minimum atomic E-state index is -0.00426.